The van der Waals surface area contributed by atoms with Crippen molar-refractivity contribution in [2.75, 3.05) is 11.5 Å². The van der Waals surface area contributed by atoms with Gasteiger partial charge in [-0.25, -0.2) is 24.4 Å². The SMILES string of the molecule is Nc1nc2c([nH]c(=O)n2-n2cnc3c(N)ncnc32)c(=O)[nH]1. The Bertz CT molecular complexity index is 1150. The Hall–Kier alpha value is -3.70. The van der Waals surface area contributed by atoms with E-state index in [1.807, 2.05) is 0 Å². The fourth-order valence-corrected chi connectivity index (χ4v) is 2.19. The van der Waals surface area contributed by atoms with Gasteiger partial charge in [0.25, 0.3) is 5.56 Å². The highest BCUT2D eigenvalue weighted by molar-refractivity contribution is 5.81. The summed E-state index contributed by atoms with van der Waals surface area (Å²) in [7, 11) is 0. The van der Waals surface area contributed by atoms with Crippen molar-refractivity contribution in [3.05, 3.63) is 33.5 Å². The van der Waals surface area contributed by atoms with Gasteiger partial charge < -0.3 is 11.5 Å². The van der Waals surface area contributed by atoms with Crippen molar-refractivity contribution in [2.24, 2.45) is 0 Å². The molecule has 0 unspecified atom stereocenters. The van der Waals surface area contributed by atoms with Crippen LogP contribution in [0.3, 0.4) is 0 Å². The molecule has 0 aliphatic carbocycles. The first-order valence-corrected chi connectivity index (χ1v) is 6.01. The number of hydrogen-bond acceptors (Lipinski definition) is 8. The van der Waals surface area contributed by atoms with Crippen molar-refractivity contribution in [2.45, 2.75) is 0 Å². The maximum absolute atomic E-state index is 12.2. The second-order valence-corrected chi connectivity index (χ2v) is 4.41. The molecule has 0 amide bonds. The number of H-pyrrole nitrogens is 2. The number of imidazole rings is 2. The van der Waals surface area contributed by atoms with Gasteiger partial charge in [0.05, 0.1) is 0 Å². The van der Waals surface area contributed by atoms with Gasteiger partial charge in [-0.1, -0.05) is 0 Å². The third-order valence-corrected chi connectivity index (χ3v) is 3.10. The number of hydrogen-bond donors (Lipinski definition) is 4. The van der Waals surface area contributed by atoms with Gasteiger partial charge in [0, 0.05) is 0 Å². The van der Waals surface area contributed by atoms with Crippen molar-refractivity contribution in [1.82, 2.24) is 39.3 Å². The summed E-state index contributed by atoms with van der Waals surface area (Å²) < 4.78 is 2.39. The molecule has 6 N–H and O–H groups in total. The molecule has 0 radical (unpaired) electrons. The summed E-state index contributed by atoms with van der Waals surface area (Å²) in [4.78, 5) is 44.6. The number of nitrogens with two attached hydrogens (primary N) is 2. The first-order chi connectivity index (χ1) is 10.6. The molecule has 4 aromatic rings. The first-order valence-electron chi connectivity index (χ1n) is 6.01. The van der Waals surface area contributed by atoms with E-state index in [1.54, 1.807) is 0 Å². The molecule has 0 aromatic carbocycles. The van der Waals surface area contributed by atoms with Crippen molar-refractivity contribution in [3.8, 4) is 0 Å². The van der Waals surface area contributed by atoms with Crippen molar-refractivity contribution >= 4 is 34.1 Å². The van der Waals surface area contributed by atoms with Gasteiger partial charge in [-0.15, -0.1) is 0 Å². The molecular formula is C10H8N10O2. The minimum atomic E-state index is -0.602. The molecule has 0 bridgehead atoms. The number of nitrogen functional groups attached to an aromatic ring is 2. The van der Waals surface area contributed by atoms with Gasteiger partial charge >= 0.3 is 5.69 Å². The summed E-state index contributed by atoms with van der Waals surface area (Å²) in [5.41, 5.74) is 10.7. The Labute approximate surface area is 119 Å². The Morgan fingerprint density at radius 3 is 2.68 bits per heavy atom. The maximum atomic E-state index is 12.2. The van der Waals surface area contributed by atoms with E-state index in [9.17, 15) is 9.59 Å². The van der Waals surface area contributed by atoms with Gasteiger partial charge in [-0.3, -0.25) is 14.8 Å². The molecule has 4 rings (SSSR count). The van der Waals surface area contributed by atoms with Crippen LogP contribution >= 0.6 is 0 Å². The minimum absolute atomic E-state index is 0.0110. The fraction of sp³-hybridized carbons (Fsp3) is 0. The van der Waals surface area contributed by atoms with Crippen LogP contribution in [0.25, 0.3) is 22.3 Å². The van der Waals surface area contributed by atoms with Crippen LogP contribution in [0.1, 0.15) is 0 Å². The number of aromatic nitrogens is 8. The van der Waals surface area contributed by atoms with Gasteiger partial charge in [0.1, 0.15) is 12.7 Å². The number of anilines is 2. The molecule has 0 aliphatic heterocycles. The summed E-state index contributed by atoms with van der Waals surface area (Å²) >= 11 is 0. The summed E-state index contributed by atoms with van der Waals surface area (Å²) in [6.45, 7) is 0. The van der Waals surface area contributed by atoms with E-state index in [-0.39, 0.29) is 28.6 Å². The van der Waals surface area contributed by atoms with Crippen LogP contribution in [0.2, 0.25) is 0 Å². The average molecular weight is 300 g/mol. The molecular weight excluding hydrogens is 292 g/mol. The molecule has 0 spiro atoms. The monoisotopic (exact) mass is 300 g/mol. The topological polar surface area (TPSA) is 179 Å². The van der Waals surface area contributed by atoms with Crippen LogP contribution in [0.15, 0.2) is 22.2 Å². The lowest BCUT2D eigenvalue weighted by molar-refractivity contribution is 0.661. The Morgan fingerprint density at radius 2 is 1.86 bits per heavy atom. The van der Waals surface area contributed by atoms with Gasteiger partial charge in [-0.2, -0.15) is 9.66 Å². The van der Waals surface area contributed by atoms with E-state index >= 15 is 0 Å². The van der Waals surface area contributed by atoms with Gasteiger partial charge in [0.15, 0.2) is 28.1 Å². The Morgan fingerprint density at radius 1 is 1.05 bits per heavy atom. The zero-order valence-corrected chi connectivity index (χ0v) is 10.8. The van der Waals surface area contributed by atoms with E-state index < -0.39 is 11.2 Å². The fourth-order valence-electron chi connectivity index (χ4n) is 2.19. The third-order valence-electron chi connectivity index (χ3n) is 3.10. The molecule has 22 heavy (non-hydrogen) atoms. The number of rotatable bonds is 1. The number of aromatic amines is 2. The van der Waals surface area contributed by atoms with E-state index in [0.717, 1.165) is 4.68 Å². The van der Waals surface area contributed by atoms with E-state index in [2.05, 4.69) is 29.9 Å². The number of nitrogens with zero attached hydrogens (tertiary/aromatic N) is 6. The highest BCUT2D eigenvalue weighted by Crippen LogP contribution is 2.15. The van der Waals surface area contributed by atoms with Crippen LogP contribution in [-0.2, 0) is 0 Å². The number of fused-ring (bicyclic) bond motifs is 2. The molecule has 0 saturated carbocycles. The van der Waals surface area contributed by atoms with Crippen molar-refractivity contribution in [3.63, 3.8) is 0 Å². The van der Waals surface area contributed by atoms with E-state index in [1.165, 1.54) is 17.3 Å². The highest BCUT2D eigenvalue weighted by atomic mass is 16.2. The number of nitrogens with one attached hydrogen (secondary N) is 2. The summed E-state index contributed by atoms with van der Waals surface area (Å²) in [5.74, 6) is 0.0470. The van der Waals surface area contributed by atoms with Crippen molar-refractivity contribution < 1.29 is 0 Å². The molecule has 0 aliphatic rings. The van der Waals surface area contributed by atoms with Crippen LogP contribution in [0.4, 0.5) is 11.8 Å². The zero-order chi connectivity index (χ0) is 15.4. The van der Waals surface area contributed by atoms with E-state index in [0.29, 0.717) is 5.52 Å². The highest BCUT2D eigenvalue weighted by Gasteiger charge is 2.17. The third kappa shape index (κ3) is 1.45. The lowest BCUT2D eigenvalue weighted by atomic mass is 10.5. The molecule has 4 heterocycles. The molecule has 0 fully saturated rings. The lowest BCUT2D eigenvalue weighted by Crippen LogP contribution is -2.23. The molecule has 12 nitrogen and oxygen atoms in total. The Kier molecular flexibility index (Phi) is 2.14. The normalized spacial score (nSPS) is 11.5. The summed E-state index contributed by atoms with van der Waals surface area (Å²) in [6.07, 6.45) is 2.56. The second-order valence-electron chi connectivity index (χ2n) is 4.41. The van der Waals surface area contributed by atoms with Crippen LogP contribution < -0.4 is 22.7 Å². The molecule has 0 saturated heterocycles. The van der Waals surface area contributed by atoms with Gasteiger partial charge in [-0.05, 0) is 0 Å². The lowest BCUT2D eigenvalue weighted by Gasteiger charge is -2.04. The van der Waals surface area contributed by atoms with Crippen LogP contribution in [0.5, 0.6) is 0 Å². The molecule has 4 aromatic heterocycles. The Balaban J connectivity index is 2.18. The van der Waals surface area contributed by atoms with Crippen LogP contribution in [-0.4, -0.2) is 39.3 Å². The standard InChI is InChI=1S/C10H8N10O2/c11-5-3-6(14-1-13-5)19(2-15-3)20-7-4(16-10(20)22)8(21)18-9(12)17-7/h1-2H,(H,16,22)(H2,11,13,14)(H3,12,17,18,21). The van der Waals surface area contributed by atoms with Crippen LogP contribution in [0, 0.1) is 0 Å². The molecule has 110 valence electrons. The smallest absolute Gasteiger partial charge is 0.347 e. The summed E-state index contributed by atoms with van der Waals surface area (Å²) in [5, 5.41) is 0. The largest absolute Gasteiger partial charge is 0.382 e. The molecule has 12 heteroatoms. The predicted octanol–water partition coefficient (Wildman–Crippen LogP) is -1.97. The zero-order valence-electron chi connectivity index (χ0n) is 10.8. The second kappa shape index (κ2) is 3.91. The maximum Gasteiger partial charge on any atom is 0.347 e. The minimum Gasteiger partial charge on any atom is -0.382 e. The van der Waals surface area contributed by atoms with Crippen molar-refractivity contribution in [1.29, 1.82) is 0 Å². The van der Waals surface area contributed by atoms with Gasteiger partial charge in [0.2, 0.25) is 5.95 Å². The predicted molar refractivity (Wildman–Crippen MR) is 75.9 cm³/mol. The molecule has 0 atom stereocenters. The summed E-state index contributed by atoms with van der Waals surface area (Å²) in [6, 6.07) is 0. The first kappa shape index (κ1) is 12.1. The average Bonchev–Trinajstić information content (AvgIpc) is 3.01. The quantitative estimate of drug-likeness (QED) is 0.312. The van der Waals surface area contributed by atoms with E-state index in [4.69, 9.17) is 11.5 Å².